The van der Waals surface area contributed by atoms with Crippen molar-refractivity contribution in [2.45, 2.75) is 89.4 Å². The zero-order valence-corrected chi connectivity index (χ0v) is 20.9. The lowest BCUT2D eigenvalue weighted by molar-refractivity contribution is -0.0531. The monoisotopic (exact) mass is 490 g/mol. The molecule has 1 spiro atoms. The van der Waals surface area contributed by atoms with E-state index in [-0.39, 0.29) is 41.2 Å². The molecule has 2 saturated carbocycles. The molecule has 3 aliphatic rings. The molecular weight excluding hydrogens is 452 g/mol. The summed E-state index contributed by atoms with van der Waals surface area (Å²) in [7, 11) is 1.65. The van der Waals surface area contributed by atoms with Crippen molar-refractivity contribution in [1.82, 2.24) is 19.4 Å². The van der Waals surface area contributed by atoms with Gasteiger partial charge in [0.2, 0.25) is 5.88 Å². The van der Waals surface area contributed by atoms with E-state index in [1.54, 1.807) is 7.11 Å². The number of carbonyl (C=O) groups is 1. The third-order valence-corrected chi connectivity index (χ3v) is 8.31. The van der Waals surface area contributed by atoms with Crippen molar-refractivity contribution < 1.29 is 14.6 Å². The summed E-state index contributed by atoms with van der Waals surface area (Å²) in [6.07, 6.45) is 6.27. The van der Waals surface area contributed by atoms with Crippen LogP contribution in [0.3, 0.4) is 0 Å². The van der Waals surface area contributed by atoms with Gasteiger partial charge in [-0.05, 0) is 57.3 Å². The van der Waals surface area contributed by atoms with Gasteiger partial charge >= 0.3 is 11.7 Å². The van der Waals surface area contributed by atoms with Crippen molar-refractivity contribution in [3.63, 3.8) is 0 Å². The second-order valence-electron chi connectivity index (χ2n) is 10.8. The fourth-order valence-electron chi connectivity index (χ4n) is 6.46. The van der Waals surface area contributed by atoms with Crippen molar-refractivity contribution >= 4 is 11.9 Å². The van der Waals surface area contributed by atoms with Crippen molar-refractivity contribution in [2.24, 2.45) is 11.1 Å². The highest BCUT2D eigenvalue weighted by atomic mass is 16.5. The summed E-state index contributed by atoms with van der Waals surface area (Å²) in [4.78, 5) is 40.8. The summed E-state index contributed by atoms with van der Waals surface area (Å²) >= 11 is 0. The van der Waals surface area contributed by atoms with Crippen LogP contribution in [-0.4, -0.2) is 62.8 Å². The van der Waals surface area contributed by atoms with Gasteiger partial charge in [0.1, 0.15) is 11.4 Å². The molecule has 35 heavy (non-hydrogen) atoms. The number of urea groups is 1. The largest absolute Gasteiger partial charge is 0.494 e. The molecule has 11 heteroatoms. The maximum Gasteiger partial charge on any atom is 0.334 e. The molecule has 194 valence electrons. The van der Waals surface area contributed by atoms with Gasteiger partial charge in [-0.2, -0.15) is 0 Å². The van der Waals surface area contributed by atoms with E-state index in [4.69, 9.17) is 15.9 Å². The minimum atomic E-state index is -0.691. The van der Waals surface area contributed by atoms with E-state index in [9.17, 15) is 19.5 Å². The predicted molar refractivity (Wildman–Crippen MR) is 131 cm³/mol. The molecule has 0 unspecified atom stereocenters. The Hall–Kier alpha value is -2.82. The van der Waals surface area contributed by atoms with Crippen molar-refractivity contribution in [3.8, 4) is 5.88 Å². The van der Waals surface area contributed by atoms with E-state index in [1.165, 1.54) is 9.13 Å². The number of amides is 2. The standard InChI is InChI=1S/C24H38N6O5/c1-4-5-10-28-19(31)17(18(25)26)20(32)29(22(28)34)15-6-8-24(9-7-15)11-16(12-24)30-21(33)27-13-23(30,2)14-35-3/h15-16,31H,4-14H2,1-3H3,(H3,25,26)(H,27,33)/t15?,16?,23-,24?/m1/s1. The van der Waals surface area contributed by atoms with Gasteiger partial charge < -0.3 is 25.8 Å². The van der Waals surface area contributed by atoms with Crippen LogP contribution >= 0.6 is 0 Å². The lowest BCUT2D eigenvalue weighted by Gasteiger charge is -2.56. The first-order valence-corrected chi connectivity index (χ1v) is 12.6. The number of hydrogen-bond acceptors (Lipinski definition) is 6. The molecular formula is C24H38N6O5. The Labute approximate surface area is 204 Å². The van der Waals surface area contributed by atoms with Crippen LogP contribution in [0.15, 0.2) is 9.59 Å². The normalized spacial score (nSPS) is 30.4. The Balaban J connectivity index is 1.51. The number of unbranched alkanes of at least 4 members (excludes halogenated alkanes) is 1. The Morgan fingerprint density at radius 2 is 1.89 bits per heavy atom. The van der Waals surface area contributed by atoms with Gasteiger partial charge in [0, 0.05) is 32.3 Å². The number of ether oxygens (including phenoxy) is 1. The minimum Gasteiger partial charge on any atom is -0.494 e. The molecule has 0 radical (unpaired) electrons. The van der Waals surface area contributed by atoms with E-state index >= 15 is 0 Å². The first-order valence-electron chi connectivity index (χ1n) is 12.6. The number of hydrogen-bond donors (Lipinski definition) is 4. The van der Waals surface area contributed by atoms with Crippen LogP contribution in [0.1, 0.15) is 76.8 Å². The molecule has 11 nitrogen and oxygen atoms in total. The Bertz CT molecular complexity index is 1110. The number of rotatable bonds is 8. The second kappa shape index (κ2) is 9.33. The van der Waals surface area contributed by atoms with E-state index < -0.39 is 23.0 Å². The molecule has 5 N–H and O–H groups in total. The fourth-order valence-corrected chi connectivity index (χ4v) is 6.46. The number of amidine groups is 1. The number of nitrogens with one attached hydrogen (secondary N) is 2. The van der Waals surface area contributed by atoms with E-state index in [0.29, 0.717) is 32.4 Å². The van der Waals surface area contributed by atoms with Crippen LogP contribution in [0.2, 0.25) is 0 Å². The minimum absolute atomic E-state index is 0.0434. The molecule has 1 aliphatic heterocycles. The lowest BCUT2D eigenvalue weighted by atomic mass is 9.57. The third kappa shape index (κ3) is 4.23. The molecule has 2 amide bonds. The van der Waals surface area contributed by atoms with Gasteiger partial charge in [-0.3, -0.25) is 19.3 Å². The van der Waals surface area contributed by atoms with Gasteiger partial charge in [-0.25, -0.2) is 9.59 Å². The summed E-state index contributed by atoms with van der Waals surface area (Å²) in [5.74, 6) is -1.06. The molecule has 1 atom stereocenters. The highest BCUT2D eigenvalue weighted by Gasteiger charge is 2.55. The lowest BCUT2D eigenvalue weighted by Crippen LogP contribution is -2.60. The van der Waals surface area contributed by atoms with Crippen LogP contribution in [0, 0.1) is 10.8 Å². The molecule has 1 saturated heterocycles. The van der Waals surface area contributed by atoms with Crippen LogP contribution < -0.4 is 22.3 Å². The van der Waals surface area contributed by atoms with Crippen LogP contribution in [0.5, 0.6) is 5.88 Å². The van der Waals surface area contributed by atoms with Gasteiger partial charge in [0.25, 0.3) is 5.56 Å². The first-order chi connectivity index (χ1) is 16.6. The fraction of sp³-hybridized carbons (Fsp3) is 0.750. The highest BCUT2D eigenvalue weighted by molar-refractivity contribution is 5.96. The number of carbonyl (C=O) groups excluding carboxylic acids is 1. The van der Waals surface area contributed by atoms with Crippen molar-refractivity contribution in [2.75, 3.05) is 20.3 Å². The van der Waals surface area contributed by atoms with E-state index in [1.807, 2.05) is 18.7 Å². The predicted octanol–water partition coefficient (Wildman–Crippen LogP) is 1.49. The van der Waals surface area contributed by atoms with E-state index in [2.05, 4.69) is 5.32 Å². The van der Waals surface area contributed by atoms with Crippen molar-refractivity contribution in [3.05, 3.63) is 26.4 Å². The Kier molecular flexibility index (Phi) is 6.74. The van der Waals surface area contributed by atoms with Gasteiger partial charge in [-0.15, -0.1) is 0 Å². The quantitative estimate of drug-likeness (QED) is 0.320. The zero-order chi connectivity index (χ0) is 25.5. The third-order valence-electron chi connectivity index (χ3n) is 8.31. The summed E-state index contributed by atoms with van der Waals surface area (Å²) in [6.45, 7) is 5.32. The number of nitrogens with two attached hydrogens (primary N) is 1. The number of aromatic hydroxyl groups is 1. The molecule has 2 aliphatic carbocycles. The molecule has 0 bridgehead atoms. The SMILES string of the molecule is CCCCn1c(O)c(C(=N)N)c(=O)n(C2CCC3(CC2)CC(N2C(=O)NC[C@]2(C)COC)C3)c1=O. The molecule has 1 aromatic heterocycles. The van der Waals surface area contributed by atoms with E-state index in [0.717, 1.165) is 32.1 Å². The first kappa shape index (κ1) is 25.3. The summed E-state index contributed by atoms with van der Waals surface area (Å²) in [6, 6.07) is -0.195. The molecule has 3 fully saturated rings. The molecule has 4 rings (SSSR count). The Morgan fingerprint density at radius 1 is 1.23 bits per heavy atom. The number of nitrogens with zero attached hydrogens (tertiary/aromatic N) is 3. The van der Waals surface area contributed by atoms with Crippen LogP contribution in [-0.2, 0) is 11.3 Å². The van der Waals surface area contributed by atoms with Gasteiger partial charge in [0.05, 0.1) is 12.1 Å². The average Bonchev–Trinajstić information content (AvgIpc) is 3.06. The molecule has 1 aromatic rings. The second-order valence-corrected chi connectivity index (χ2v) is 10.8. The van der Waals surface area contributed by atoms with Gasteiger partial charge in [0.15, 0.2) is 0 Å². The van der Waals surface area contributed by atoms with Crippen molar-refractivity contribution in [1.29, 1.82) is 5.41 Å². The zero-order valence-electron chi connectivity index (χ0n) is 20.9. The highest BCUT2D eigenvalue weighted by Crippen LogP contribution is 2.56. The summed E-state index contributed by atoms with van der Waals surface area (Å²) in [5, 5.41) is 21.3. The smallest absolute Gasteiger partial charge is 0.334 e. The molecule has 0 aromatic carbocycles. The maximum absolute atomic E-state index is 13.2. The van der Waals surface area contributed by atoms with Crippen LogP contribution in [0.4, 0.5) is 4.79 Å². The average molecular weight is 491 g/mol. The van der Waals surface area contributed by atoms with Gasteiger partial charge in [-0.1, -0.05) is 13.3 Å². The van der Waals surface area contributed by atoms with Crippen LogP contribution in [0.25, 0.3) is 0 Å². The summed E-state index contributed by atoms with van der Waals surface area (Å²) < 4.78 is 7.76. The number of nitrogen functional groups attached to an aromatic ring is 1. The summed E-state index contributed by atoms with van der Waals surface area (Å²) in [5.41, 5.74) is 3.82. The number of methoxy groups -OCH3 is 1. The Morgan fingerprint density at radius 3 is 2.46 bits per heavy atom. The topological polar surface area (TPSA) is 156 Å². The number of aromatic nitrogens is 2. The molecule has 2 heterocycles. The maximum atomic E-state index is 13.2.